The zero-order valence-corrected chi connectivity index (χ0v) is 14.8. The molecule has 0 fully saturated rings. The van der Waals surface area contributed by atoms with Gasteiger partial charge in [-0.05, 0) is 42.8 Å². The standard InChI is InChI=1S/C19H13N3O6/c1-10-13(18(24)21(2)19(25)14(10)9-20)8-12-4-6-17(28-12)11-3-5-16(23)15(7-11)22(26)27/h3-8,23H,1-2H3/b13-8+. The Labute approximate surface area is 158 Å². The number of likely N-dealkylation sites (N-methyl/N-ethyl adjacent to an activating group) is 1. The topological polar surface area (TPSA) is 138 Å². The van der Waals surface area contributed by atoms with Gasteiger partial charge in [0.2, 0.25) is 0 Å². The van der Waals surface area contributed by atoms with Gasteiger partial charge in [0.15, 0.2) is 5.75 Å². The van der Waals surface area contributed by atoms with Gasteiger partial charge in [-0.3, -0.25) is 24.6 Å². The third-order valence-electron chi connectivity index (χ3n) is 4.31. The third kappa shape index (κ3) is 3.03. The van der Waals surface area contributed by atoms with Crippen LogP contribution in [-0.4, -0.2) is 33.8 Å². The van der Waals surface area contributed by atoms with Gasteiger partial charge < -0.3 is 9.52 Å². The first-order valence-corrected chi connectivity index (χ1v) is 7.97. The maximum atomic E-state index is 12.4. The van der Waals surface area contributed by atoms with Crippen molar-refractivity contribution in [3.05, 3.63) is 62.9 Å². The van der Waals surface area contributed by atoms with Gasteiger partial charge >= 0.3 is 5.69 Å². The lowest BCUT2D eigenvalue weighted by atomic mass is 9.95. The van der Waals surface area contributed by atoms with Crippen LogP contribution in [0.25, 0.3) is 17.4 Å². The Hall–Kier alpha value is -4.19. The van der Waals surface area contributed by atoms with Crippen LogP contribution in [0.2, 0.25) is 0 Å². The minimum absolute atomic E-state index is 0.130. The number of aromatic hydroxyl groups is 1. The van der Waals surface area contributed by atoms with Crippen LogP contribution in [0.15, 0.2) is 51.5 Å². The van der Waals surface area contributed by atoms with E-state index < -0.39 is 28.2 Å². The second-order valence-electron chi connectivity index (χ2n) is 6.00. The summed E-state index contributed by atoms with van der Waals surface area (Å²) in [6.45, 7) is 1.50. The van der Waals surface area contributed by atoms with E-state index in [2.05, 4.69) is 0 Å². The van der Waals surface area contributed by atoms with Crippen LogP contribution in [0.5, 0.6) is 5.75 Å². The summed E-state index contributed by atoms with van der Waals surface area (Å²) in [5.74, 6) is -1.16. The van der Waals surface area contributed by atoms with Crippen molar-refractivity contribution in [2.45, 2.75) is 6.92 Å². The molecule has 1 aliphatic heterocycles. The van der Waals surface area contributed by atoms with Crippen molar-refractivity contribution in [3.8, 4) is 23.1 Å². The highest BCUT2D eigenvalue weighted by atomic mass is 16.6. The van der Waals surface area contributed by atoms with E-state index in [9.17, 15) is 30.1 Å². The van der Waals surface area contributed by atoms with Gasteiger partial charge in [-0.2, -0.15) is 5.26 Å². The lowest BCUT2D eigenvalue weighted by Crippen LogP contribution is -2.39. The van der Waals surface area contributed by atoms with Crippen molar-refractivity contribution in [2.24, 2.45) is 0 Å². The Morgan fingerprint density at radius 3 is 2.61 bits per heavy atom. The second-order valence-corrected chi connectivity index (χ2v) is 6.00. The van der Waals surface area contributed by atoms with Gasteiger partial charge in [-0.15, -0.1) is 0 Å². The maximum absolute atomic E-state index is 12.4. The first-order valence-electron chi connectivity index (χ1n) is 7.97. The Kier molecular flexibility index (Phi) is 4.55. The predicted molar refractivity (Wildman–Crippen MR) is 96.5 cm³/mol. The highest BCUT2D eigenvalue weighted by Crippen LogP contribution is 2.33. The third-order valence-corrected chi connectivity index (χ3v) is 4.31. The van der Waals surface area contributed by atoms with Gasteiger partial charge in [0.25, 0.3) is 11.8 Å². The minimum atomic E-state index is -0.713. The Balaban J connectivity index is 2.03. The molecule has 9 nitrogen and oxygen atoms in total. The smallest absolute Gasteiger partial charge is 0.311 e. The van der Waals surface area contributed by atoms with Crippen molar-refractivity contribution in [1.29, 1.82) is 5.26 Å². The van der Waals surface area contributed by atoms with E-state index in [0.717, 1.165) is 4.90 Å². The molecule has 0 radical (unpaired) electrons. The molecular formula is C19H13N3O6. The zero-order chi connectivity index (χ0) is 20.6. The number of imide groups is 1. The molecule has 1 aromatic carbocycles. The van der Waals surface area contributed by atoms with Crippen molar-refractivity contribution in [3.63, 3.8) is 0 Å². The molecule has 1 N–H and O–H groups in total. The van der Waals surface area contributed by atoms with Crippen molar-refractivity contribution in [2.75, 3.05) is 7.05 Å². The van der Waals surface area contributed by atoms with Crippen molar-refractivity contribution >= 4 is 23.6 Å². The number of nitriles is 1. The lowest BCUT2D eigenvalue weighted by molar-refractivity contribution is -0.385. The summed E-state index contributed by atoms with van der Waals surface area (Å²) < 4.78 is 5.63. The molecule has 1 aromatic heterocycles. The number of nitrogens with zero attached hydrogens (tertiary/aromatic N) is 3. The van der Waals surface area contributed by atoms with E-state index in [-0.39, 0.29) is 28.2 Å². The number of benzene rings is 1. The second kappa shape index (κ2) is 6.85. The summed E-state index contributed by atoms with van der Waals surface area (Å²) in [6.07, 6.45) is 1.40. The Bertz CT molecular complexity index is 1130. The molecule has 2 heterocycles. The van der Waals surface area contributed by atoms with Gasteiger partial charge in [0.05, 0.1) is 4.92 Å². The molecule has 0 bridgehead atoms. The lowest BCUT2D eigenvalue weighted by Gasteiger charge is -2.23. The summed E-state index contributed by atoms with van der Waals surface area (Å²) in [6, 6.07) is 8.71. The number of amides is 2. The molecule has 0 saturated carbocycles. The van der Waals surface area contributed by atoms with Gasteiger partial charge in [0.1, 0.15) is 23.2 Å². The molecular weight excluding hydrogens is 366 g/mol. The van der Waals surface area contributed by atoms with Crippen LogP contribution in [0.1, 0.15) is 12.7 Å². The van der Waals surface area contributed by atoms with Crippen molar-refractivity contribution < 1.29 is 24.0 Å². The number of nitro benzene ring substituents is 1. The normalized spacial score (nSPS) is 15.9. The first kappa shape index (κ1) is 18.6. The van der Waals surface area contributed by atoms with E-state index in [1.165, 1.54) is 38.2 Å². The SMILES string of the molecule is CC1=C(C#N)C(=O)N(C)C(=O)/C1=C/c1ccc(-c2ccc(O)c([N+](=O)[O-])c2)o1. The van der Waals surface area contributed by atoms with Crippen LogP contribution >= 0.6 is 0 Å². The average Bonchev–Trinajstić information content (AvgIpc) is 3.13. The van der Waals surface area contributed by atoms with Gasteiger partial charge in [0, 0.05) is 24.3 Å². The molecule has 140 valence electrons. The fourth-order valence-electron chi connectivity index (χ4n) is 2.75. The number of phenolic OH excluding ortho intramolecular Hbond substituents is 1. The summed E-state index contributed by atoms with van der Waals surface area (Å²) in [5, 5.41) is 29.7. The number of furan rings is 1. The molecule has 0 saturated heterocycles. The molecule has 0 spiro atoms. The van der Waals surface area contributed by atoms with Crippen LogP contribution in [-0.2, 0) is 9.59 Å². The van der Waals surface area contributed by atoms with Crippen LogP contribution < -0.4 is 0 Å². The maximum Gasteiger partial charge on any atom is 0.311 e. The van der Waals surface area contributed by atoms with E-state index in [0.29, 0.717) is 5.56 Å². The largest absolute Gasteiger partial charge is 0.502 e. The summed E-state index contributed by atoms with van der Waals surface area (Å²) >= 11 is 0. The number of phenols is 1. The summed E-state index contributed by atoms with van der Waals surface area (Å²) in [4.78, 5) is 35.5. The molecule has 3 rings (SSSR count). The van der Waals surface area contributed by atoms with Crippen LogP contribution in [0.3, 0.4) is 0 Å². The molecule has 9 heteroatoms. The van der Waals surface area contributed by atoms with Gasteiger partial charge in [-0.1, -0.05) is 0 Å². The van der Waals surface area contributed by atoms with E-state index in [4.69, 9.17) is 4.42 Å². The number of hydrogen-bond acceptors (Lipinski definition) is 7. The summed E-state index contributed by atoms with van der Waals surface area (Å²) in [5.41, 5.74) is 0.148. The first-order chi connectivity index (χ1) is 13.2. The number of rotatable bonds is 3. The fraction of sp³-hybridized carbons (Fsp3) is 0.105. The molecule has 2 aromatic rings. The highest BCUT2D eigenvalue weighted by Gasteiger charge is 2.33. The average molecular weight is 379 g/mol. The fourth-order valence-corrected chi connectivity index (χ4v) is 2.75. The monoisotopic (exact) mass is 379 g/mol. The number of nitro groups is 1. The molecule has 28 heavy (non-hydrogen) atoms. The quantitative estimate of drug-likeness (QED) is 0.374. The van der Waals surface area contributed by atoms with Crippen LogP contribution in [0.4, 0.5) is 5.69 Å². The van der Waals surface area contributed by atoms with E-state index >= 15 is 0 Å². The number of carbonyl (C=O) groups is 2. The van der Waals surface area contributed by atoms with E-state index in [1.54, 1.807) is 18.2 Å². The van der Waals surface area contributed by atoms with Crippen molar-refractivity contribution in [1.82, 2.24) is 4.90 Å². The Morgan fingerprint density at radius 2 is 1.96 bits per heavy atom. The van der Waals surface area contributed by atoms with E-state index in [1.807, 2.05) is 0 Å². The predicted octanol–water partition coefficient (Wildman–Crippen LogP) is 2.78. The highest BCUT2D eigenvalue weighted by molar-refractivity contribution is 6.19. The summed E-state index contributed by atoms with van der Waals surface area (Å²) in [7, 11) is 1.28. The van der Waals surface area contributed by atoms with Crippen LogP contribution in [0, 0.1) is 21.4 Å². The molecule has 1 aliphatic rings. The zero-order valence-electron chi connectivity index (χ0n) is 14.8. The number of carbonyl (C=O) groups excluding carboxylic acids is 2. The Morgan fingerprint density at radius 1 is 1.25 bits per heavy atom. The number of hydrogen-bond donors (Lipinski definition) is 1. The minimum Gasteiger partial charge on any atom is -0.502 e. The molecule has 0 atom stereocenters. The molecule has 2 amide bonds. The molecule has 0 aliphatic carbocycles. The van der Waals surface area contributed by atoms with Gasteiger partial charge in [-0.25, -0.2) is 0 Å². The molecule has 0 unspecified atom stereocenters.